The smallest absolute Gasteiger partial charge is 0.149 e. The predicted octanol–water partition coefficient (Wildman–Crippen LogP) is 4.13. The van der Waals surface area contributed by atoms with Gasteiger partial charge in [-0.25, -0.2) is 8.78 Å². The molecular formula is C17H14F2N2O. The van der Waals surface area contributed by atoms with E-state index in [9.17, 15) is 8.78 Å². The first kappa shape index (κ1) is 14.3. The Labute approximate surface area is 126 Å². The van der Waals surface area contributed by atoms with E-state index in [0.29, 0.717) is 12.2 Å². The fraction of sp³-hybridized carbons (Fsp3) is 0.118. The highest BCUT2D eigenvalue weighted by Gasteiger charge is 2.12. The third kappa shape index (κ3) is 2.57. The molecule has 1 N–H and O–H groups in total. The van der Waals surface area contributed by atoms with Crippen LogP contribution in [0.2, 0.25) is 0 Å². The number of rotatable bonds is 4. The first-order valence-electron chi connectivity index (χ1n) is 6.79. The van der Waals surface area contributed by atoms with Crippen LogP contribution in [0.5, 0.6) is 5.75 Å². The van der Waals surface area contributed by atoms with Crippen LogP contribution in [0.25, 0.3) is 10.9 Å². The fourth-order valence-corrected chi connectivity index (χ4v) is 2.38. The van der Waals surface area contributed by atoms with E-state index >= 15 is 0 Å². The lowest BCUT2D eigenvalue weighted by Crippen LogP contribution is -2.03. The number of anilines is 1. The average Bonchev–Trinajstić information content (AvgIpc) is 2.56. The van der Waals surface area contributed by atoms with Crippen molar-refractivity contribution in [1.29, 1.82) is 0 Å². The van der Waals surface area contributed by atoms with Crippen LogP contribution in [0.15, 0.2) is 48.7 Å². The van der Waals surface area contributed by atoms with Gasteiger partial charge < -0.3 is 10.1 Å². The van der Waals surface area contributed by atoms with Gasteiger partial charge in [-0.15, -0.1) is 0 Å². The number of hydrogen-bond donors (Lipinski definition) is 1. The Morgan fingerprint density at radius 3 is 2.64 bits per heavy atom. The summed E-state index contributed by atoms with van der Waals surface area (Å²) >= 11 is 0. The van der Waals surface area contributed by atoms with Gasteiger partial charge in [-0.1, -0.05) is 18.2 Å². The first-order chi connectivity index (χ1) is 10.7. The van der Waals surface area contributed by atoms with Crippen molar-refractivity contribution in [1.82, 2.24) is 4.98 Å². The highest BCUT2D eigenvalue weighted by molar-refractivity contribution is 5.91. The molecule has 0 radical (unpaired) electrons. The topological polar surface area (TPSA) is 34.1 Å². The van der Waals surface area contributed by atoms with E-state index in [-0.39, 0.29) is 10.9 Å². The number of aromatic nitrogens is 1. The molecule has 0 aliphatic carbocycles. The van der Waals surface area contributed by atoms with Crippen LogP contribution in [-0.4, -0.2) is 12.1 Å². The maximum Gasteiger partial charge on any atom is 0.149 e. The van der Waals surface area contributed by atoms with E-state index in [1.807, 2.05) is 24.3 Å². The fourth-order valence-electron chi connectivity index (χ4n) is 2.38. The average molecular weight is 300 g/mol. The number of methoxy groups -OCH3 is 1. The highest BCUT2D eigenvalue weighted by atomic mass is 19.1. The molecule has 22 heavy (non-hydrogen) atoms. The first-order valence-corrected chi connectivity index (χ1v) is 6.79. The Kier molecular flexibility index (Phi) is 3.87. The van der Waals surface area contributed by atoms with Crippen molar-refractivity contribution in [3.63, 3.8) is 0 Å². The van der Waals surface area contributed by atoms with Gasteiger partial charge in [-0.05, 0) is 24.3 Å². The number of ether oxygens (including phenoxy) is 1. The minimum absolute atomic E-state index is 0.0185. The number of halogens is 2. The molecule has 0 amide bonds. The van der Waals surface area contributed by atoms with Crippen molar-refractivity contribution < 1.29 is 13.5 Å². The van der Waals surface area contributed by atoms with Gasteiger partial charge in [0.05, 0.1) is 12.5 Å². The minimum atomic E-state index is -0.544. The zero-order chi connectivity index (χ0) is 15.5. The van der Waals surface area contributed by atoms with Crippen LogP contribution in [0.1, 0.15) is 5.56 Å². The van der Waals surface area contributed by atoms with Gasteiger partial charge in [-0.2, -0.15) is 0 Å². The number of nitrogens with one attached hydrogen (secondary N) is 1. The van der Waals surface area contributed by atoms with Crippen LogP contribution >= 0.6 is 0 Å². The standard InChI is InChI=1S/C17H14F2N2O/c1-22-15-5-3-2-4-11(15)10-21-14-8-9-20-17-13(19)7-6-12(18)16(14)17/h2-9H,10H2,1H3,(H,20,21). The molecule has 0 bridgehead atoms. The van der Waals surface area contributed by atoms with E-state index in [1.54, 1.807) is 13.2 Å². The number of fused-ring (bicyclic) bond motifs is 1. The molecule has 112 valence electrons. The number of nitrogens with zero attached hydrogens (tertiary/aromatic N) is 1. The molecule has 1 heterocycles. The summed E-state index contributed by atoms with van der Waals surface area (Å²) in [4.78, 5) is 3.91. The van der Waals surface area contributed by atoms with Gasteiger partial charge in [0.25, 0.3) is 0 Å². The summed E-state index contributed by atoms with van der Waals surface area (Å²) < 4.78 is 33.1. The van der Waals surface area contributed by atoms with Crippen LogP contribution in [0.4, 0.5) is 14.5 Å². The summed E-state index contributed by atoms with van der Waals surface area (Å²) in [6.45, 7) is 0.430. The van der Waals surface area contributed by atoms with E-state index in [0.717, 1.165) is 23.4 Å². The number of hydrogen-bond acceptors (Lipinski definition) is 3. The lowest BCUT2D eigenvalue weighted by Gasteiger charge is -2.12. The maximum absolute atomic E-state index is 14.0. The SMILES string of the molecule is COc1ccccc1CNc1ccnc2c(F)ccc(F)c12. The second-order valence-corrected chi connectivity index (χ2v) is 4.78. The molecule has 0 unspecified atom stereocenters. The third-order valence-electron chi connectivity index (χ3n) is 3.45. The van der Waals surface area contributed by atoms with Crippen molar-refractivity contribution >= 4 is 16.6 Å². The quantitative estimate of drug-likeness (QED) is 0.786. The largest absolute Gasteiger partial charge is 0.496 e. The van der Waals surface area contributed by atoms with Gasteiger partial charge >= 0.3 is 0 Å². The Hall–Kier alpha value is -2.69. The van der Waals surface area contributed by atoms with E-state index in [1.165, 1.54) is 6.20 Å². The summed E-state index contributed by atoms with van der Waals surface area (Å²) in [5.74, 6) is -0.315. The Bertz CT molecular complexity index is 821. The Balaban J connectivity index is 1.96. The number of pyridine rings is 1. The van der Waals surface area contributed by atoms with E-state index < -0.39 is 11.6 Å². The molecular weight excluding hydrogens is 286 g/mol. The third-order valence-corrected chi connectivity index (χ3v) is 3.45. The summed E-state index contributed by atoms with van der Waals surface area (Å²) in [6.07, 6.45) is 1.45. The molecule has 3 aromatic rings. The summed E-state index contributed by atoms with van der Waals surface area (Å²) in [6, 6.07) is 11.3. The molecule has 2 aromatic carbocycles. The van der Waals surface area contributed by atoms with Crippen LogP contribution in [-0.2, 0) is 6.54 Å². The molecule has 0 spiro atoms. The van der Waals surface area contributed by atoms with Gasteiger partial charge in [-0.3, -0.25) is 4.98 Å². The Morgan fingerprint density at radius 2 is 1.82 bits per heavy atom. The summed E-state index contributed by atoms with van der Waals surface area (Å²) in [5, 5.41) is 3.27. The summed E-state index contributed by atoms with van der Waals surface area (Å²) in [5.41, 5.74) is 1.43. The molecule has 0 saturated carbocycles. The monoisotopic (exact) mass is 300 g/mol. The zero-order valence-electron chi connectivity index (χ0n) is 11.9. The van der Waals surface area contributed by atoms with Gasteiger partial charge in [0.1, 0.15) is 22.9 Å². The molecule has 0 aliphatic heterocycles. The van der Waals surface area contributed by atoms with Crippen LogP contribution in [0, 0.1) is 11.6 Å². The van der Waals surface area contributed by atoms with Crippen molar-refractivity contribution in [2.45, 2.75) is 6.54 Å². The van der Waals surface area contributed by atoms with Gasteiger partial charge in [0.2, 0.25) is 0 Å². The molecule has 1 aromatic heterocycles. The van der Waals surface area contributed by atoms with Crippen molar-refractivity contribution in [2.24, 2.45) is 0 Å². The van der Waals surface area contributed by atoms with E-state index in [4.69, 9.17) is 4.74 Å². The van der Waals surface area contributed by atoms with Gasteiger partial charge in [0, 0.05) is 24.0 Å². The lowest BCUT2D eigenvalue weighted by molar-refractivity contribution is 0.410. The normalized spacial score (nSPS) is 10.7. The molecule has 3 rings (SSSR count). The van der Waals surface area contributed by atoms with Crippen molar-refractivity contribution in [3.8, 4) is 5.75 Å². The second-order valence-electron chi connectivity index (χ2n) is 4.78. The van der Waals surface area contributed by atoms with Crippen molar-refractivity contribution in [3.05, 3.63) is 65.9 Å². The van der Waals surface area contributed by atoms with Crippen molar-refractivity contribution in [2.75, 3.05) is 12.4 Å². The van der Waals surface area contributed by atoms with Gasteiger partial charge in [0.15, 0.2) is 0 Å². The molecule has 0 saturated heterocycles. The Morgan fingerprint density at radius 1 is 1.05 bits per heavy atom. The minimum Gasteiger partial charge on any atom is -0.496 e. The predicted molar refractivity (Wildman–Crippen MR) is 82.0 cm³/mol. The highest BCUT2D eigenvalue weighted by Crippen LogP contribution is 2.27. The number of para-hydroxylation sites is 1. The number of benzene rings is 2. The second kappa shape index (κ2) is 5.97. The lowest BCUT2D eigenvalue weighted by atomic mass is 10.1. The molecule has 0 fully saturated rings. The molecule has 0 atom stereocenters. The molecule has 5 heteroatoms. The maximum atomic E-state index is 14.0. The molecule has 0 aliphatic rings. The molecule has 3 nitrogen and oxygen atoms in total. The van der Waals surface area contributed by atoms with Crippen LogP contribution < -0.4 is 10.1 Å². The zero-order valence-corrected chi connectivity index (χ0v) is 11.9. The van der Waals surface area contributed by atoms with E-state index in [2.05, 4.69) is 10.3 Å². The van der Waals surface area contributed by atoms with Crippen LogP contribution in [0.3, 0.4) is 0 Å². The summed E-state index contributed by atoms with van der Waals surface area (Å²) in [7, 11) is 1.59.